The lowest BCUT2D eigenvalue weighted by molar-refractivity contribution is -0.151. The van der Waals surface area contributed by atoms with E-state index in [2.05, 4.69) is 0 Å². The molecule has 29 heavy (non-hydrogen) atoms. The van der Waals surface area contributed by atoms with Gasteiger partial charge in [0.25, 0.3) is 5.91 Å². The van der Waals surface area contributed by atoms with Crippen molar-refractivity contribution in [2.45, 2.75) is 12.8 Å². The Hall–Kier alpha value is -3.35. The van der Waals surface area contributed by atoms with Crippen molar-refractivity contribution in [1.29, 1.82) is 0 Å². The van der Waals surface area contributed by atoms with Crippen LogP contribution in [-0.2, 0) is 25.5 Å². The zero-order valence-corrected chi connectivity index (χ0v) is 16.2. The van der Waals surface area contributed by atoms with Gasteiger partial charge in [0, 0.05) is 25.2 Å². The maximum absolute atomic E-state index is 12.5. The van der Waals surface area contributed by atoms with E-state index < -0.39 is 11.9 Å². The molecule has 0 spiro atoms. The number of carbonyl (C=O) groups is 3. The topological polar surface area (TPSA) is 76.2 Å². The fourth-order valence-corrected chi connectivity index (χ4v) is 3.88. The molecule has 150 valence electrons. The molecular weight excluding hydrogens is 372 g/mol. The Morgan fingerprint density at radius 3 is 2.59 bits per heavy atom. The third-order valence-corrected chi connectivity index (χ3v) is 5.36. The Kier molecular flexibility index (Phi) is 5.20. The highest BCUT2D eigenvalue weighted by molar-refractivity contribution is 6.01. The van der Waals surface area contributed by atoms with Crippen molar-refractivity contribution in [3.63, 3.8) is 0 Å². The molecule has 2 amide bonds. The molecule has 4 rings (SSSR count). The van der Waals surface area contributed by atoms with Gasteiger partial charge in [-0.1, -0.05) is 30.3 Å². The van der Waals surface area contributed by atoms with E-state index in [0.717, 1.165) is 17.7 Å². The van der Waals surface area contributed by atoms with Gasteiger partial charge in [0.1, 0.15) is 5.75 Å². The van der Waals surface area contributed by atoms with Crippen LogP contribution in [0, 0.1) is 5.92 Å². The summed E-state index contributed by atoms with van der Waals surface area (Å²) in [7, 11) is 1.53. The molecule has 0 aliphatic carbocycles. The molecular formula is C22H22N2O5. The summed E-state index contributed by atoms with van der Waals surface area (Å²) < 4.78 is 10.6. The van der Waals surface area contributed by atoms with Gasteiger partial charge < -0.3 is 19.3 Å². The van der Waals surface area contributed by atoms with Crippen molar-refractivity contribution >= 4 is 29.2 Å². The molecule has 0 N–H and O–H groups in total. The standard InChI is InChI=1S/C22H22N2O5/c1-28-19-9-5-4-8-18(19)24-13-16(12-20(24)25)22(27)29-14-21(26)23-11-10-15-6-2-3-7-17(15)23/h2-9,16H,10-14H2,1H3/t16-/m1/s1. The van der Waals surface area contributed by atoms with Crippen LogP contribution in [0.25, 0.3) is 0 Å². The Labute approximate surface area is 168 Å². The number of hydrogen-bond donors (Lipinski definition) is 0. The summed E-state index contributed by atoms with van der Waals surface area (Å²) in [5.74, 6) is -0.995. The third-order valence-electron chi connectivity index (χ3n) is 5.36. The van der Waals surface area contributed by atoms with Crippen LogP contribution in [0.5, 0.6) is 5.75 Å². The summed E-state index contributed by atoms with van der Waals surface area (Å²) >= 11 is 0. The molecule has 2 aromatic carbocycles. The van der Waals surface area contributed by atoms with Crippen LogP contribution in [0.2, 0.25) is 0 Å². The smallest absolute Gasteiger partial charge is 0.311 e. The molecule has 0 aromatic heterocycles. The van der Waals surface area contributed by atoms with Crippen molar-refractivity contribution in [1.82, 2.24) is 0 Å². The number of hydrogen-bond acceptors (Lipinski definition) is 5. The second-order valence-electron chi connectivity index (χ2n) is 7.11. The lowest BCUT2D eigenvalue weighted by Crippen LogP contribution is -2.34. The number of amides is 2. The van der Waals surface area contributed by atoms with Crippen LogP contribution in [0.15, 0.2) is 48.5 Å². The van der Waals surface area contributed by atoms with Gasteiger partial charge in [-0.3, -0.25) is 14.4 Å². The minimum atomic E-state index is -0.605. The van der Waals surface area contributed by atoms with Gasteiger partial charge in [-0.25, -0.2) is 0 Å². The van der Waals surface area contributed by atoms with Crippen molar-refractivity contribution in [2.75, 3.05) is 36.6 Å². The Bertz CT molecular complexity index is 958. The molecule has 1 fully saturated rings. The maximum Gasteiger partial charge on any atom is 0.311 e. The lowest BCUT2D eigenvalue weighted by Gasteiger charge is -2.19. The Morgan fingerprint density at radius 1 is 1.07 bits per heavy atom. The lowest BCUT2D eigenvalue weighted by atomic mass is 10.1. The molecule has 0 bridgehead atoms. The second-order valence-corrected chi connectivity index (χ2v) is 7.11. The molecule has 7 nitrogen and oxygen atoms in total. The molecule has 2 heterocycles. The second kappa shape index (κ2) is 7.95. The van der Waals surface area contributed by atoms with Gasteiger partial charge in [0.05, 0.1) is 18.7 Å². The van der Waals surface area contributed by atoms with Crippen LogP contribution in [0.1, 0.15) is 12.0 Å². The summed E-state index contributed by atoms with van der Waals surface area (Å²) in [5.41, 5.74) is 2.60. The summed E-state index contributed by atoms with van der Waals surface area (Å²) in [6, 6.07) is 14.9. The van der Waals surface area contributed by atoms with Crippen molar-refractivity contribution in [2.24, 2.45) is 5.92 Å². The van der Waals surface area contributed by atoms with E-state index in [1.165, 1.54) is 12.0 Å². The van der Waals surface area contributed by atoms with Crippen LogP contribution in [0.3, 0.4) is 0 Å². The summed E-state index contributed by atoms with van der Waals surface area (Å²) in [6.45, 7) is 0.463. The molecule has 2 aliphatic heterocycles. The van der Waals surface area contributed by atoms with Crippen molar-refractivity contribution < 1.29 is 23.9 Å². The minimum absolute atomic E-state index is 0.0532. The maximum atomic E-state index is 12.5. The first-order chi connectivity index (χ1) is 14.1. The first-order valence-electron chi connectivity index (χ1n) is 9.56. The van der Waals surface area contributed by atoms with Gasteiger partial charge in [-0.15, -0.1) is 0 Å². The SMILES string of the molecule is COc1ccccc1N1C[C@H](C(=O)OCC(=O)N2CCc3ccccc32)CC1=O. The zero-order chi connectivity index (χ0) is 20.4. The zero-order valence-electron chi connectivity index (χ0n) is 16.2. The van der Waals surface area contributed by atoms with E-state index in [1.54, 1.807) is 17.0 Å². The summed E-state index contributed by atoms with van der Waals surface area (Å²) in [4.78, 5) is 40.6. The third kappa shape index (κ3) is 3.68. The van der Waals surface area contributed by atoms with Gasteiger partial charge in [0.15, 0.2) is 6.61 Å². The molecule has 1 saturated heterocycles. The largest absolute Gasteiger partial charge is 0.495 e. The van der Waals surface area contributed by atoms with Crippen LogP contribution in [0.4, 0.5) is 11.4 Å². The molecule has 2 aliphatic rings. The van der Waals surface area contributed by atoms with Gasteiger partial charge in [0.2, 0.25) is 5.91 Å². The van der Waals surface area contributed by atoms with E-state index in [9.17, 15) is 14.4 Å². The number of methoxy groups -OCH3 is 1. The summed E-state index contributed by atoms with van der Waals surface area (Å²) in [6.07, 6.45) is 0.846. The fraction of sp³-hybridized carbons (Fsp3) is 0.318. The number of para-hydroxylation sites is 3. The molecule has 1 atom stereocenters. The average Bonchev–Trinajstić information content (AvgIpc) is 3.35. The minimum Gasteiger partial charge on any atom is -0.495 e. The first kappa shape index (κ1) is 19.0. The van der Waals surface area contributed by atoms with Gasteiger partial charge in [-0.05, 0) is 30.2 Å². The monoisotopic (exact) mass is 394 g/mol. The average molecular weight is 394 g/mol. The molecule has 7 heteroatoms. The molecule has 2 aromatic rings. The van der Waals surface area contributed by atoms with E-state index in [-0.39, 0.29) is 31.4 Å². The number of anilines is 2. The first-order valence-corrected chi connectivity index (χ1v) is 9.56. The number of esters is 1. The van der Waals surface area contributed by atoms with Gasteiger partial charge in [-0.2, -0.15) is 0 Å². The predicted molar refractivity (Wildman–Crippen MR) is 107 cm³/mol. The van der Waals surface area contributed by atoms with E-state index >= 15 is 0 Å². The molecule has 0 saturated carbocycles. The predicted octanol–water partition coefficient (Wildman–Crippen LogP) is 2.18. The quantitative estimate of drug-likeness (QED) is 0.727. The van der Waals surface area contributed by atoms with E-state index in [1.807, 2.05) is 36.4 Å². The number of nitrogens with zero attached hydrogens (tertiary/aromatic N) is 2. The highest BCUT2D eigenvalue weighted by Gasteiger charge is 2.37. The van der Waals surface area contributed by atoms with Gasteiger partial charge >= 0.3 is 5.97 Å². The Morgan fingerprint density at radius 2 is 1.79 bits per heavy atom. The van der Waals surface area contributed by atoms with Crippen LogP contribution < -0.4 is 14.5 Å². The number of fused-ring (bicyclic) bond motifs is 1. The Balaban J connectivity index is 1.36. The fourth-order valence-electron chi connectivity index (χ4n) is 3.88. The molecule has 0 radical (unpaired) electrons. The van der Waals surface area contributed by atoms with Crippen molar-refractivity contribution in [3.05, 3.63) is 54.1 Å². The number of carbonyl (C=O) groups excluding carboxylic acids is 3. The summed E-state index contributed by atoms with van der Waals surface area (Å²) in [5, 5.41) is 0. The van der Waals surface area contributed by atoms with Crippen LogP contribution in [-0.4, -0.2) is 44.6 Å². The normalized spacial score (nSPS) is 18.0. The van der Waals surface area contributed by atoms with Crippen molar-refractivity contribution in [3.8, 4) is 5.75 Å². The van der Waals surface area contributed by atoms with E-state index in [4.69, 9.17) is 9.47 Å². The number of ether oxygens (including phenoxy) is 2. The number of benzene rings is 2. The number of rotatable bonds is 5. The van der Waals surface area contributed by atoms with Crippen LogP contribution >= 0.6 is 0 Å². The highest BCUT2D eigenvalue weighted by Crippen LogP contribution is 2.33. The van der Waals surface area contributed by atoms with E-state index in [0.29, 0.717) is 18.0 Å². The highest BCUT2D eigenvalue weighted by atomic mass is 16.5. The molecule has 0 unspecified atom stereocenters.